The largest absolute Gasteiger partial charge is 0.370 e. The summed E-state index contributed by atoms with van der Waals surface area (Å²) in [4.78, 5) is 11.7. The molecular formula is C19H21NO4S. The summed E-state index contributed by atoms with van der Waals surface area (Å²) in [6.45, 7) is 3.82. The highest BCUT2D eigenvalue weighted by atomic mass is 32.2. The molecule has 1 heterocycles. The van der Waals surface area contributed by atoms with Gasteiger partial charge in [-0.15, -0.1) is 0 Å². The minimum Gasteiger partial charge on any atom is -0.370 e. The number of carbonyl (C=O) groups excluding carboxylic acids is 1. The third kappa shape index (κ3) is 3.66. The van der Waals surface area contributed by atoms with Gasteiger partial charge in [0.2, 0.25) is 10.0 Å². The van der Waals surface area contributed by atoms with Crippen molar-refractivity contribution in [3.8, 4) is 0 Å². The SMILES string of the molecule is CC(=O)c1cccc(S(=O)(=O)N2CC(c3ccccc3)OCC2C)c1. The third-order valence-corrected chi connectivity index (χ3v) is 6.37. The lowest BCUT2D eigenvalue weighted by Gasteiger charge is -2.37. The quantitative estimate of drug-likeness (QED) is 0.787. The average molecular weight is 359 g/mol. The van der Waals surface area contributed by atoms with Gasteiger partial charge in [-0.05, 0) is 31.5 Å². The molecule has 0 saturated carbocycles. The van der Waals surface area contributed by atoms with Crippen molar-refractivity contribution >= 4 is 15.8 Å². The van der Waals surface area contributed by atoms with Crippen LogP contribution in [0.5, 0.6) is 0 Å². The molecule has 2 unspecified atom stereocenters. The minimum atomic E-state index is -3.71. The van der Waals surface area contributed by atoms with Crippen molar-refractivity contribution in [2.75, 3.05) is 13.2 Å². The van der Waals surface area contributed by atoms with E-state index in [0.29, 0.717) is 12.2 Å². The van der Waals surface area contributed by atoms with Crippen molar-refractivity contribution in [3.63, 3.8) is 0 Å². The molecule has 1 fully saturated rings. The van der Waals surface area contributed by atoms with E-state index >= 15 is 0 Å². The molecule has 0 amide bonds. The van der Waals surface area contributed by atoms with Crippen LogP contribution in [0.3, 0.4) is 0 Å². The number of rotatable bonds is 4. The molecule has 3 rings (SSSR count). The standard InChI is InChI=1S/C19H21NO4S/c1-14-13-24-19(16-7-4-3-5-8-16)12-20(14)25(22,23)18-10-6-9-17(11-18)15(2)21/h3-11,14,19H,12-13H2,1-2H3. The van der Waals surface area contributed by atoms with E-state index in [4.69, 9.17) is 4.74 Å². The van der Waals surface area contributed by atoms with E-state index < -0.39 is 10.0 Å². The van der Waals surface area contributed by atoms with E-state index in [1.165, 1.54) is 23.4 Å². The van der Waals surface area contributed by atoms with Crippen molar-refractivity contribution in [1.82, 2.24) is 4.31 Å². The highest BCUT2D eigenvalue weighted by Gasteiger charge is 2.36. The number of benzene rings is 2. The number of morpholine rings is 1. The Hall–Kier alpha value is -2.02. The average Bonchev–Trinajstić information content (AvgIpc) is 2.63. The summed E-state index contributed by atoms with van der Waals surface area (Å²) in [5.74, 6) is -0.158. The van der Waals surface area contributed by atoms with Crippen molar-refractivity contribution in [1.29, 1.82) is 0 Å². The first-order valence-electron chi connectivity index (χ1n) is 8.19. The predicted octanol–water partition coefficient (Wildman–Crippen LogP) is 3.04. The molecule has 6 heteroatoms. The Morgan fingerprint density at radius 2 is 1.84 bits per heavy atom. The Bertz CT molecular complexity index is 864. The maximum absolute atomic E-state index is 13.1. The summed E-state index contributed by atoms with van der Waals surface area (Å²) in [6.07, 6.45) is -0.303. The van der Waals surface area contributed by atoms with Gasteiger partial charge in [-0.2, -0.15) is 4.31 Å². The van der Waals surface area contributed by atoms with Crippen LogP contribution in [0.4, 0.5) is 0 Å². The lowest BCUT2D eigenvalue weighted by atomic mass is 10.1. The first kappa shape index (κ1) is 17.8. The Kier molecular flexibility index (Phi) is 5.03. The highest BCUT2D eigenvalue weighted by Crippen LogP contribution is 2.29. The minimum absolute atomic E-state index is 0.140. The van der Waals surface area contributed by atoms with E-state index in [1.807, 2.05) is 37.3 Å². The van der Waals surface area contributed by atoms with Gasteiger partial charge in [-0.1, -0.05) is 42.5 Å². The molecule has 2 aromatic rings. The van der Waals surface area contributed by atoms with E-state index in [0.717, 1.165) is 5.56 Å². The number of Topliss-reactive ketones (excluding diaryl/α,β-unsaturated/α-hetero) is 1. The summed E-state index contributed by atoms with van der Waals surface area (Å²) in [5, 5.41) is 0. The molecule has 132 valence electrons. The van der Waals surface area contributed by atoms with E-state index in [-0.39, 0.29) is 29.4 Å². The Morgan fingerprint density at radius 3 is 2.52 bits per heavy atom. The number of hydrogen-bond acceptors (Lipinski definition) is 4. The molecule has 0 aliphatic carbocycles. The van der Waals surface area contributed by atoms with Crippen molar-refractivity contribution in [2.24, 2.45) is 0 Å². The zero-order chi connectivity index (χ0) is 18.0. The summed E-state index contributed by atoms with van der Waals surface area (Å²) in [5.41, 5.74) is 1.34. The van der Waals surface area contributed by atoms with Gasteiger partial charge < -0.3 is 4.74 Å². The van der Waals surface area contributed by atoms with Crippen molar-refractivity contribution < 1.29 is 17.9 Å². The Balaban J connectivity index is 1.92. The number of sulfonamides is 1. The molecule has 0 aromatic heterocycles. The molecule has 0 spiro atoms. The summed E-state index contributed by atoms with van der Waals surface area (Å²) in [6, 6.07) is 15.5. The van der Waals surface area contributed by atoms with Gasteiger partial charge in [0.05, 0.1) is 17.6 Å². The molecule has 0 bridgehead atoms. The topological polar surface area (TPSA) is 63.7 Å². The van der Waals surface area contributed by atoms with Gasteiger partial charge in [0.15, 0.2) is 5.78 Å². The number of carbonyl (C=O) groups is 1. The van der Waals surface area contributed by atoms with Crippen molar-refractivity contribution in [2.45, 2.75) is 30.9 Å². The van der Waals surface area contributed by atoms with Crippen molar-refractivity contribution in [3.05, 3.63) is 65.7 Å². The molecule has 5 nitrogen and oxygen atoms in total. The first-order chi connectivity index (χ1) is 11.9. The van der Waals surface area contributed by atoms with Crippen LogP contribution in [-0.2, 0) is 14.8 Å². The smallest absolute Gasteiger partial charge is 0.243 e. The fourth-order valence-electron chi connectivity index (χ4n) is 2.95. The summed E-state index contributed by atoms with van der Waals surface area (Å²) < 4.78 is 33.5. The summed E-state index contributed by atoms with van der Waals surface area (Å²) in [7, 11) is -3.71. The lowest BCUT2D eigenvalue weighted by Crippen LogP contribution is -2.48. The predicted molar refractivity (Wildman–Crippen MR) is 94.9 cm³/mol. The Morgan fingerprint density at radius 1 is 1.12 bits per heavy atom. The molecule has 1 saturated heterocycles. The Labute approximate surface area is 148 Å². The number of hydrogen-bond donors (Lipinski definition) is 0. The second kappa shape index (κ2) is 7.07. The second-order valence-electron chi connectivity index (χ2n) is 6.24. The maximum Gasteiger partial charge on any atom is 0.243 e. The molecule has 2 atom stereocenters. The molecule has 1 aliphatic heterocycles. The third-order valence-electron chi connectivity index (χ3n) is 4.39. The number of ether oxygens (including phenoxy) is 1. The van der Waals surface area contributed by atoms with Gasteiger partial charge in [-0.3, -0.25) is 4.79 Å². The van der Waals surface area contributed by atoms with Gasteiger partial charge in [0, 0.05) is 18.2 Å². The monoisotopic (exact) mass is 359 g/mol. The van der Waals surface area contributed by atoms with Crippen LogP contribution >= 0.6 is 0 Å². The zero-order valence-electron chi connectivity index (χ0n) is 14.3. The first-order valence-corrected chi connectivity index (χ1v) is 9.63. The van der Waals surface area contributed by atoms with E-state index in [1.54, 1.807) is 12.1 Å². The second-order valence-corrected chi connectivity index (χ2v) is 8.13. The van der Waals surface area contributed by atoms with Crippen LogP contribution in [0.25, 0.3) is 0 Å². The van der Waals surface area contributed by atoms with Gasteiger partial charge in [0.25, 0.3) is 0 Å². The maximum atomic E-state index is 13.1. The van der Waals surface area contributed by atoms with Gasteiger partial charge >= 0.3 is 0 Å². The van der Waals surface area contributed by atoms with Crippen LogP contribution < -0.4 is 0 Å². The van der Waals surface area contributed by atoms with Crippen LogP contribution in [0.15, 0.2) is 59.5 Å². The summed E-state index contributed by atoms with van der Waals surface area (Å²) >= 11 is 0. The highest BCUT2D eigenvalue weighted by molar-refractivity contribution is 7.89. The van der Waals surface area contributed by atoms with E-state index in [9.17, 15) is 13.2 Å². The van der Waals surface area contributed by atoms with Gasteiger partial charge in [0.1, 0.15) is 0 Å². The van der Waals surface area contributed by atoms with Crippen LogP contribution in [0.1, 0.15) is 35.9 Å². The van der Waals surface area contributed by atoms with Gasteiger partial charge in [-0.25, -0.2) is 8.42 Å². The molecular weight excluding hydrogens is 338 g/mol. The lowest BCUT2D eigenvalue weighted by molar-refractivity contribution is -0.0288. The molecule has 25 heavy (non-hydrogen) atoms. The fraction of sp³-hybridized carbons (Fsp3) is 0.316. The number of ketones is 1. The molecule has 2 aromatic carbocycles. The van der Waals surface area contributed by atoms with Crippen LogP contribution in [-0.4, -0.2) is 37.7 Å². The normalized spacial score (nSPS) is 21.8. The molecule has 0 radical (unpaired) electrons. The molecule has 1 aliphatic rings. The zero-order valence-corrected chi connectivity index (χ0v) is 15.1. The van der Waals surface area contributed by atoms with E-state index in [2.05, 4.69) is 0 Å². The van der Waals surface area contributed by atoms with Crippen LogP contribution in [0, 0.1) is 0 Å². The van der Waals surface area contributed by atoms with Crippen LogP contribution in [0.2, 0.25) is 0 Å². The fourth-order valence-corrected chi connectivity index (χ4v) is 4.61. The number of nitrogens with zero attached hydrogens (tertiary/aromatic N) is 1. The molecule has 0 N–H and O–H groups in total.